The molecule has 1 aromatic carbocycles. The van der Waals surface area contributed by atoms with Gasteiger partial charge in [-0.25, -0.2) is 0 Å². The van der Waals surface area contributed by atoms with Crippen molar-refractivity contribution in [1.82, 2.24) is 5.10 Å². The lowest BCUT2D eigenvalue weighted by molar-refractivity contribution is 0.475. The fraction of sp³-hybridized carbons (Fsp3) is 0. The molecule has 1 radical (unpaired) electrons. The highest BCUT2D eigenvalue weighted by atomic mass is 16.5. The molecular formula is C10H6N2O+. The van der Waals surface area contributed by atoms with Gasteiger partial charge < -0.3 is 4.74 Å². The summed E-state index contributed by atoms with van der Waals surface area (Å²) in [4.78, 5) is 0. The monoisotopic (exact) mass is 170 g/mol. The van der Waals surface area contributed by atoms with E-state index in [1.165, 1.54) is 0 Å². The zero-order valence-electron chi connectivity index (χ0n) is 6.77. The number of hydrogen-bond acceptors (Lipinski definition) is 3. The van der Waals surface area contributed by atoms with Crippen molar-refractivity contribution in [3.8, 4) is 5.75 Å². The van der Waals surface area contributed by atoms with Crippen LogP contribution in [0.5, 0.6) is 5.75 Å². The van der Waals surface area contributed by atoms with Crippen LogP contribution in [-0.2, 0) is 0 Å². The summed E-state index contributed by atoms with van der Waals surface area (Å²) in [5.74, 6) is 0.843. The molecule has 3 rings (SSSR count). The van der Waals surface area contributed by atoms with Crippen LogP contribution in [0.2, 0.25) is 0 Å². The summed E-state index contributed by atoms with van der Waals surface area (Å²) in [5.41, 5.74) is 2.86. The van der Waals surface area contributed by atoms with Gasteiger partial charge in [-0.05, 0) is 12.1 Å². The van der Waals surface area contributed by atoms with E-state index >= 15 is 0 Å². The number of nitrogens with zero attached hydrogens (tertiary/aromatic N) is 2. The quantitative estimate of drug-likeness (QED) is 0.574. The van der Waals surface area contributed by atoms with Crippen molar-refractivity contribution in [3.05, 3.63) is 41.7 Å². The molecule has 0 aliphatic carbocycles. The van der Waals surface area contributed by atoms with Gasteiger partial charge in [0.05, 0.1) is 5.10 Å². The van der Waals surface area contributed by atoms with Crippen LogP contribution in [0, 0.1) is 0 Å². The molecule has 0 unspecified atom stereocenters. The van der Waals surface area contributed by atoms with Gasteiger partial charge in [-0.1, -0.05) is 12.1 Å². The summed E-state index contributed by atoms with van der Waals surface area (Å²) in [6, 6.07) is 7.80. The average molecular weight is 170 g/mol. The Bertz CT molecular complexity index is 458. The molecule has 0 spiro atoms. The first-order chi connectivity index (χ1) is 6.45. The Hall–Kier alpha value is -1.90. The largest absolute Gasteiger partial charge is 0.463 e. The van der Waals surface area contributed by atoms with Crippen LogP contribution in [0.25, 0.3) is 0 Å². The number of allylic oxidation sites excluding steroid dienone is 1. The number of fused-ring (bicyclic) bond motifs is 3. The van der Waals surface area contributed by atoms with Crippen molar-refractivity contribution in [2.24, 2.45) is 5.10 Å². The van der Waals surface area contributed by atoms with Crippen molar-refractivity contribution in [3.63, 3.8) is 0 Å². The summed E-state index contributed by atoms with van der Waals surface area (Å²) in [7, 11) is 0. The molecule has 2 aliphatic rings. The minimum Gasteiger partial charge on any atom is -0.463 e. The number of hydrogen-bond donors (Lipinski definition) is 0. The SMILES string of the molecule is C1=N[N+]=C2C1=COc1ccccc12. The third kappa shape index (κ3) is 0.839. The third-order valence-electron chi connectivity index (χ3n) is 2.08. The lowest BCUT2D eigenvalue weighted by Crippen LogP contribution is -2.13. The van der Waals surface area contributed by atoms with E-state index in [-0.39, 0.29) is 0 Å². The van der Waals surface area contributed by atoms with Crippen LogP contribution in [0.4, 0.5) is 0 Å². The van der Waals surface area contributed by atoms with Gasteiger partial charge in [-0.3, -0.25) is 0 Å². The molecule has 0 aromatic heterocycles. The second-order valence-corrected chi connectivity index (χ2v) is 2.88. The molecule has 0 saturated carbocycles. The van der Waals surface area contributed by atoms with E-state index in [0.717, 1.165) is 22.6 Å². The highest BCUT2D eigenvalue weighted by molar-refractivity contribution is 6.26. The van der Waals surface area contributed by atoms with Gasteiger partial charge >= 0.3 is 5.71 Å². The van der Waals surface area contributed by atoms with E-state index in [9.17, 15) is 0 Å². The van der Waals surface area contributed by atoms with E-state index < -0.39 is 0 Å². The third-order valence-corrected chi connectivity index (χ3v) is 2.08. The molecule has 13 heavy (non-hydrogen) atoms. The first-order valence-corrected chi connectivity index (χ1v) is 4.03. The molecule has 61 valence electrons. The van der Waals surface area contributed by atoms with Crippen molar-refractivity contribution in [2.75, 3.05) is 0 Å². The van der Waals surface area contributed by atoms with Crippen LogP contribution in [-0.4, -0.2) is 11.9 Å². The minimum absolute atomic E-state index is 0.843. The maximum absolute atomic E-state index is 5.40. The predicted octanol–water partition coefficient (Wildman–Crippen LogP) is 1.09. The van der Waals surface area contributed by atoms with Crippen molar-refractivity contribution in [1.29, 1.82) is 0 Å². The second kappa shape index (κ2) is 2.29. The molecule has 2 heterocycles. The lowest BCUT2D eigenvalue weighted by atomic mass is 10.0. The second-order valence-electron chi connectivity index (χ2n) is 2.88. The zero-order valence-corrected chi connectivity index (χ0v) is 6.77. The van der Waals surface area contributed by atoms with Crippen molar-refractivity contribution < 1.29 is 4.74 Å². The zero-order chi connectivity index (χ0) is 8.67. The molecule has 2 aliphatic heterocycles. The van der Waals surface area contributed by atoms with Gasteiger partial charge in [0, 0.05) is 0 Å². The summed E-state index contributed by atoms with van der Waals surface area (Å²) in [6.07, 6.45) is 3.38. The number of benzene rings is 1. The average Bonchev–Trinajstić information content (AvgIpc) is 2.65. The molecule has 3 nitrogen and oxygen atoms in total. The Labute approximate surface area is 75.1 Å². The Kier molecular flexibility index (Phi) is 1.16. The van der Waals surface area contributed by atoms with Crippen LogP contribution in [0.1, 0.15) is 5.56 Å². The maximum Gasteiger partial charge on any atom is 0.335 e. The van der Waals surface area contributed by atoms with E-state index in [1.807, 2.05) is 24.3 Å². The predicted molar refractivity (Wildman–Crippen MR) is 49.9 cm³/mol. The van der Waals surface area contributed by atoms with Gasteiger partial charge in [-0.15, -0.1) is 0 Å². The van der Waals surface area contributed by atoms with E-state index in [1.54, 1.807) is 12.5 Å². The number of para-hydroxylation sites is 1. The van der Waals surface area contributed by atoms with Crippen LogP contribution < -0.4 is 9.84 Å². The molecule has 1 aromatic rings. The van der Waals surface area contributed by atoms with E-state index in [0.29, 0.717) is 0 Å². The lowest BCUT2D eigenvalue weighted by Gasteiger charge is -2.08. The molecule has 0 amide bonds. The molecule has 3 heteroatoms. The standard InChI is InChI=1S/C10H6N2O/c1-2-4-9-8(3-1)10-7(6-13-9)5-11-12-10/h1-6H/q+1. The van der Waals surface area contributed by atoms with Gasteiger partial charge in [0.1, 0.15) is 29.4 Å². The first-order valence-electron chi connectivity index (χ1n) is 4.03. The first kappa shape index (κ1) is 6.60. The van der Waals surface area contributed by atoms with Gasteiger partial charge in [-0.2, -0.15) is 0 Å². The molecule has 0 N–H and O–H groups in total. The van der Waals surface area contributed by atoms with Crippen LogP contribution in [0.3, 0.4) is 0 Å². The van der Waals surface area contributed by atoms with Crippen molar-refractivity contribution in [2.45, 2.75) is 0 Å². The smallest absolute Gasteiger partial charge is 0.335 e. The van der Waals surface area contributed by atoms with Crippen LogP contribution >= 0.6 is 0 Å². The number of rotatable bonds is 0. The molecule has 0 bridgehead atoms. The highest BCUT2D eigenvalue weighted by Gasteiger charge is 2.31. The normalized spacial score (nSPS) is 16.9. The Balaban J connectivity index is 2.25. The number of ether oxygens (including phenoxy) is 1. The summed E-state index contributed by atoms with van der Waals surface area (Å²) in [5, 5.41) is 7.88. The Morgan fingerprint density at radius 1 is 1.23 bits per heavy atom. The van der Waals surface area contributed by atoms with E-state index in [2.05, 4.69) is 10.2 Å². The Morgan fingerprint density at radius 2 is 2.15 bits per heavy atom. The maximum atomic E-state index is 5.40. The minimum atomic E-state index is 0.843. The fourth-order valence-corrected chi connectivity index (χ4v) is 1.46. The van der Waals surface area contributed by atoms with Crippen molar-refractivity contribution >= 4 is 11.9 Å². The fourth-order valence-electron chi connectivity index (χ4n) is 1.46. The topological polar surface area (TPSA) is 35.7 Å². The van der Waals surface area contributed by atoms with Gasteiger partial charge in [0.25, 0.3) is 0 Å². The summed E-state index contributed by atoms with van der Waals surface area (Å²) < 4.78 is 5.40. The van der Waals surface area contributed by atoms with Crippen LogP contribution in [0.15, 0.2) is 41.2 Å². The summed E-state index contributed by atoms with van der Waals surface area (Å²) >= 11 is 0. The molecule has 0 saturated heterocycles. The van der Waals surface area contributed by atoms with Gasteiger partial charge in [0.15, 0.2) is 0 Å². The van der Waals surface area contributed by atoms with Gasteiger partial charge in [0.2, 0.25) is 5.10 Å². The van der Waals surface area contributed by atoms with E-state index in [4.69, 9.17) is 4.74 Å². The summed E-state index contributed by atoms with van der Waals surface area (Å²) in [6.45, 7) is 0. The molecule has 0 atom stereocenters. The molecular weight excluding hydrogens is 164 g/mol. The Morgan fingerprint density at radius 3 is 3.15 bits per heavy atom. The highest BCUT2D eigenvalue weighted by Crippen LogP contribution is 2.26. The molecule has 0 fully saturated rings.